The topological polar surface area (TPSA) is 35.6 Å². The molecule has 0 saturated heterocycles. The van der Waals surface area contributed by atoms with E-state index in [0.717, 1.165) is 22.5 Å². The van der Waals surface area contributed by atoms with Gasteiger partial charge in [-0.15, -0.1) is 0 Å². The van der Waals surface area contributed by atoms with E-state index in [2.05, 4.69) is 262 Å². The van der Waals surface area contributed by atoms with Crippen molar-refractivity contribution < 1.29 is 0 Å². The van der Waals surface area contributed by atoms with E-state index >= 15 is 0 Å². The summed E-state index contributed by atoms with van der Waals surface area (Å²) in [6.07, 6.45) is 7.81. The third-order valence-electron chi connectivity index (χ3n) is 16.3. The van der Waals surface area contributed by atoms with Crippen LogP contribution in [-0.2, 0) is 0 Å². The van der Waals surface area contributed by atoms with Gasteiger partial charge in [-0.1, -0.05) is 182 Å². The maximum Gasteiger partial charge on any atom is 0.184 e. The standard InChI is InChI=1S/C70H44N4Si/c1-3-17-47(18-4-1)73-63-35-9-7-21-51(63)53-25-13-27-55(65(53)73)57-29-15-33-61-62-34-16-30-58(56-28-14-26-54-52-22-8-10-36-64(52)74(66(54)56)48-19-5-2-6-20-48)70(62)75(69(57)61)67-49(45-37-41-71-42-38-45)23-11-31-59(67)60-32-12-24-50(68(60)75)46-39-43-72-44-40-46/h1-44H. The number of fused-ring (bicyclic) bond motifs is 16. The molecule has 348 valence electrons. The van der Waals surface area contributed by atoms with Crippen molar-refractivity contribution in [2.75, 3.05) is 0 Å². The predicted molar refractivity (Wildman–Crippen MR) is 314 cm³/mol. The minimum absolute atomic E-state index is 1.14. The van der Waals surface area contributed by atoms with Gasteiger partial charge in [-0.3, -0.25) is 9.97 Å². The van der Waals surface area contributed by atoms with Crippen LogP contribution in [0.25, 0.3) is 122 Å². The molecule has 1 spiro atoms. The molecule has 16 rings (SSSR count). The smallest absolute Gasteiger partial charge is 0.184 e. The van der Waals surface area contributed by atoms with Gasteiger partial charge in [0.2, 0.25) is 0 Å². The molecule has 14 aromatic rings. The van der Waals surface area contributed by atoms with Crippen LogP contribution in [0.2, 0.25) is 0 Å². The maximum absolute atomic E-state index is 4.59. The van der Waals surface area contributed by atoms with Crippen molar-refractivity contribution >= 4 is 72.4 Å². The van der Waals surface area contributed by atoms with Crippen LogP contribution in [0, 0.1) is 0 Å². The lowest BCUT2D eigenvalue weighted by atomic mass is 9.94. The largest absolute Gasteiger partial charge is 0.309 e. The lowest BCUT2D eigenvalue weighted by Crippen LogP contribution is -2.72. The second-order valence-electron chi connectivity index (χ2n) is 19.9. The Morgan fingerprint density at radius 1 is 0.240 bits per heavy atom. The summed E-state index contributed by atoms with van der Waals surface area (Å²) in [6.45, 7) is 0. The monoisotopic (exact) mass is 968 g/mol. The van der Waals surface area contributed by atoms with Crippen molar-refractivity contribution in [2.24, 2.45) is 0 Å². The second-order valence-corrected chi connectivity index (χ2v) is 23.4. The molecular weight excluding hydrogens is 925 g/mol. The minimum atomic E-state index is -3.57. The van der Waals surface area contributed by atoms with Crippen molar-refractivity contribution in [3.05, 3.63) is 267 Å². The molecule has 4 aromatic heterocycles. The summed E-state index contributed by atoms with van der Waals surface area (Å²) in [4.78, 5) is 9.17. The average Bonchev–Trinajstić information content (AvgIpc) is 4.40. The summed E-state index contributed by atoms with van der Waals surface area (Å²) >= 11 is 0. The molecule has 5 heteroatoms. The van der Waals surface area contributed by atoms with Crippen LogP contribution in [-0.4, -0.2) is 27.2 Å². The van der Waals surface area contributed by atoms with Crippen LogP contribution in [0.4, 0.5) is 0 Å². The van der Waals surface area contributed by atoms with E-state index in [-0.39, 0.29) is 0 Å². The van der Waals surface area contributed by atoms with Crippen molar-refractivity contribution in [1.82, 2.24) is 19.1 Å². The quantitative estimate of drug-likeness (QED) is 0.156. The number of hydrogen-bond acceptors (Lipinski definition) is 2. The third-order valence-corrected chi connectivity index (χ3v) is 21.5. The van der Waals surface area contributed by atoms with Gasteiger partial charge in [-0.2, -0.15) is 0 Å². The highest BCUT2D eigenvalue weighted by Crippen LogP contribution is 2.48. The Kier molecular flexibility index (Phi) is 9.02. The Labute approximate surface area is 434 Å². The van der Waals surface area contributed by atoms with Crippen LogP contribution in [0.15, 0.2) is 267 Å². The molecule has 0 radical (unpaired) electrons. The highest BCUT2D eigenvalue weighted by atomic mass is 28.3. The Balaban J connectivity index is 1.13. The number of pyridine rings is 2. The van der Waals surface area contributed by atoms with Gasteiger partial charge in [0.1, 0.15) is 0 Å². The predicted octanol–water partition coefficient (Wildman–Crippen LogP) is 14.7. The van der Waals surface area contributed by atoms with Crippen molar-refractivity contribution in [3.63, 3.8) is 0 Å². The lowest BCUT2D eigenvalue weighted by Gasteiger charge is -2.34. The van der Waals surface area contributed by atoms with E-state index < -0.39 is 8.07 Å². The molecule has 10 aromatic carbocycles. The number of hydrogen-bond donors (Lipinski definition) is 0. The molecule has 0 unspecified atom stereocenters. The van der Waals surface area contributed by atoms with Crippen LogP contribution in [0.1, 0.15) is 0 Å². The number of nitrogens with zero attached hydrogens (tertiary/aromatic N) is 4. The zero-order valence-corrected chi connectivity index (χ0v) is 41.7. The van der Waals surface area contributed by atoms with Crippen LogP contribution in [0.5, 0.6) is 0 Å². The van der Waals surface area contributed by atoms with Crippen LogP contribution < -0.4 is 20.7 Å². The summed E-state index contributed by atoms with van der Waals surface area (Å²) < 4.78 is 5.01. The van der Waals surface area contributed by atoms with Crippen LogP contribution >= 0.6 is 0 Å². The maximum atomic E-state index is 4.59. The summed E-state index contributed by atoms with van der Waals surface area (Å²) in [5.41, 5.74) is 22.0. The third kappa shape index (κ3) is 5.76. The second kappa shape index (κ2) is 16.2. The Hall–Kier alpha value is -9.68. The van der Waals surface area contributed by atoms with E-state index in [1.54, 1.807) is 0 Å². The molecule has 0 bridgehead atoms. The highest BCUT2D eigenvalue weighted by Gasteiger charge is 2.58. The molecule has 0 N–H and O–H groups in total. The van der Waals surface area contributed by atoms with E-state index in [1.807, 2.05) is 24.8 Å². The fraction of sp³-hybridized carbons (Fsp3) is 0. The van der Waals surface area contributed by atoms with E-state index in [4.69, 9.17) is 0 Å². The minimum Gasteiger partial charge on any atom is -0.309 e. The summed E-state index contributed by atoms with van der Waals surface area (Å²) in [5, 5.41) is 10.6. The van der Waals surface area contributed by atoms with Gasteiger partial charge in [0.15, 0.2) is 8.07 Å². The first-order valence-electron chi connectivity index (χ1n) is 25.8. The molecule has 0 atom stereocenters. The average molecular weight is 969 g/mol. The van der Waals surface area contributed by atoms with Gasteiger partial charge >= 0.3 is 0 Å². The molecular formula is C70H44N4Si. The normalized spacial score (nSPS) is 12.9. The van der Waals surface area contributed by atoms with Gasteiger partial charge in [0.25, 0.3) is 0 Å². The number of aromatic nitrogens is 4. The van der Waals surface area contributed by atoms with Crippen molar-refractivity contribution in [3.8, 4) is 78.1 Å². The molecule has 6 heterocycles. The Bertz CT molecular complexity index is 4340. The lowest BCUT2D eigenvalue weighted by molar-refractivity contribution is 1.18. The molecule has 0 fully saturated rings. The highest BCUT2D eigenvalue weighted by molar-refractivity contribution is 7.26. The van der Waals surface area contributed by atoms with Crippen LogP contribution in [0.3, 0.4) is 0 Å². The molecule has 4 nitrogen and oxygen atoms in total. The summed E-state index contributed by atoms with van der Waals surface area (Å²) in [6, 6.07) is 91.0. The Morgan fingerprint density at radius 2 is 0.533 bits per heavy atom. The first-order valence-corrected chi connectivity index (χ1v) is 27.8. The van der Waals surface area contributed by atoms with Gasteiger partial charge in [0.05, 0.1) is 22.1 Å². The first-order chi connectivity index (χ1) is 37.3. The molecule has 2 aliphatic rings. The summed E-state index contributed by atoms with van der Waals surface area (Å²) in [7, 11) is -3.57. The molecule has 2 aliphatic heterocycles. The molecule has 0 amide bonds. The van der Waals surface area contributed by atoms with Gasteiger partial charge in [0, 0.05) is 68.8 Å². The molecule has 0 saturated carbocycles. The van der Waals surface area contributed by atoms with Gasteiger partial charge in [-0.25, -0.2) is 0 Å². The summed E-state index contributed by atoms with van der Waals surface area (Å²) in [5.74, 6) is 0. The first kappa shape index (κ1) is 41.9. The van der Waals surface area contributed by atoms with E-state index in [1.165, 1.54) is 120 Å². The zero-order valence-electron chi connectivity index (χ0n) is 40.7. The van der Waals surface area contributed by atoms with Crippen molar-refractivity contribution in [1.29, 1.82) is 0 Å². The van der Waals surface area contributed by atoms with Gasteiger partial charge < -0.3 is 9.13 Å². The van der Waals surface area contributed by atoms with Gasteiger partial charge in [-0.05, 0) is 137 Å². The molecule has 75 heavy (non-hydrogen) atoms. The van der Waals surface area contributed by atoms with E-state index in [0.29, 0.717) is 0 Å². The van der Waals surface area contributed by atoms with E-state index in [9.17, 15) is 0 Å². The zero-order chi connectivity index (χ0) is 49.2. The number of benzene rings is 10. The van der Waals surface area contributed by atoms with Crippen molar-refractivity contribution in [2.45, 2.75) is 0 Å². The molecule has 0 aliphatic carbocycles. The fourth-order valence-corrected chi connectivity index (χ4v) is 20.1. The fourth-order valence-electron chi connectivity index (χ4n) is 13.6. The number of rotatable bonds is 6. The number of para-hydroxylation sites is 6. The SMILES string of the molecule is c1ccc(-n2c3ccccc3c3cccc(-c4cccc5c4[Si]4(c6c(-c7ccncc7)cccc6-c6cccc(-c7ccncc7)c64)c4c-5cccc4-c4cccc5c6ccccc6n(-c6ccccc6)c45)c32)cc1. The Morgan fingerprint density at radius 3 is 0.933 bits per heavy atom.